The molecular formula is C9H8ClFO2. The van der Waals surface area contributed by atoms with Crippen molar-refractivity contribution in [2.45, 2.75) is 0 Å². The molecule has 0 spiro atoms. The van der Waals surface area contributed by atoms with Crippen molar-refractivity contribution in [2.75, 3.05) is 13.7 Å². The topological polar surface area (TPSA) is 26.3 Å². The van der Waals surface area contributed by atoms with Gasteiger partial charge < -0.3 is 4.74 Å². The lowest BCUT2D eigenvalue weighted by molar-refractivity contribution is 0.0844. The van der Waals surface area contributed by atoms with Gasteiger partial charge in [0.2, 0.25) is 0 Å². The van der Waals surface area contributed by atoms with E-state index in [-0.39, 0.29) is 17.2 Å². The first kappa shape index (κ1) is 10.2. The molecule has 0 bridgehead atoms. The molecule has 0 unspecified atom stereocenters. The summed E-state index contributed by atoms with van der Waals surface area (Å²) in [6, 6.07) is 3.91. The Morgan fingerprint density at radius 2 is 2.31 bits per heavy atom. The van der Waals surface area contributed by atoms with Crippen LogP contribution in [-0.4, -0.2) is 19.5 Å². The van der Waals surface area contributed by atoms with Gasteiger partial charge in [-0.25, -0.2) is 4.39 Å². The van der Waals surface area contributed by atoms with Gasteiger partial charge in [0.1, 0.15) is 12.4 Å². The second-order valence-corrected chi connectivity index (χ2v) is 2.92. The van der Waals surface area contributed by atoms with E-state index in [2.05, 4.69) is 4.74 Å². The van der Waals surface area contributed by atoms with E-state index in [9.17, 15) is 9.18 Å². The summed E-state index contributed by atoms with van der Waals surface area (Å²) in [4.78, 5) is 11.2. The van der Waals surface area contributed by atoms with Crippen LogP contribution in [0, 0.1) is 5.82 Å². The van der Waals surface area contributed by atoms with Gasteiger partial charge in [-0.05, 0) is 18.2 Å². The number of halogens is 2. The molecule has 4 heteroatoms. The Labute approximate surface area is 80.3 Å². The number of benzene rings is 1. The fourth-order valence-corrected chi connectivity index (χ4v) is 1.08. The van der Waals surface area contributed by atoms with Gasteiger partial charge in [0.25, 0.3) is 0 Å². The summed E-state index contributed by atoms with van der Waals surface area (Å²) >= 11 is 5.52. The van der Waals surface area contributed by atoms with E-state index in [0.717, 1.165) is 6.07 Å². The first-order chi connectivity index (χ1) is 6.15. The highest BCUT2D eigenvalue weighted by Gasteiger charge is 2.10. The van der Waals surface area contributed by atoms with E-state index in [0.29, 0.717) is 0 Å². The zero-order chi connectivity index (χ0) is 9.84. The van der Waals surface area contributed by atoms with E-state index < -0.39 is 11.6 Å². The van der Waals surface area contributed by atoms with Crippen LogP contribution in [0.5, 0.6) is 0 Å². The minimum absolute atomic E-state index is 0.00579. The first-order valence-electron chi connectivity index (χ1n) is 3.62. The molecule has 0 radical (unpaired) electrons. The highest BCUT2D eigenvalue weighted by molar-refractivity contribution is 6.30. The molecule has 2 nitrogen and oxygen atoms in total. The van der Waals surface area contributed by atoms with Crippen LogP contribution in [0.15, 0.2) is 18.2 Å². The predicted octanol–water partition coefficient (Wildman–Crippen LogP) is 2.31. The maximum Gasteiger partial charge on any atom is 0.191 e. The molecule has 1 rings (SSSR count). The number of rotatable bonds is 3. The molecular weight excluding hydrogens is 195 g/mol. The van der Waals surface area contributed by atoms with Gasteiger partial charge in [0.05, 0.1) is 5.56 Å². The van der Waals surface area contributed by atoms with Crippen molar-refractivity contribution in [1.29, 1.82) is 0 Å². The third-order valence-corrected chi connectivity index (χ3v) is 1.74. The maximum absolute atomic E-state index is 13.1. The number of methoxy groups -OCH3 is 1. The summed E-state index contributed by atoms with van der Waals surface area (Å²) in [5.41, 5.74) is 0.00579. The molecule has 0 saturated carbocycles. The summed E-state index contributed by atoms with van der Waals surface area (Å²) in [5.74, 6) is -1.01. The Morgan fingerprint density at radius 1 is 1.62 bits per heavy atom. The van der Waals surface area contributed by atoms with Crippen LogP contribution >= 0.6 is 11.6 Å². The number of Topliss-reactive ketones (excluding diaryl/α,β-unsaturated/α-hetero) is 1. The minimum Gasteiger partial charge on any atom is -0.377 e. The van der Waals surface area contributed by atoms with E-state index in [1.54, 1.807) is 0 Å². The number of ether oxygens (including phenoxy) is 1. The lowest BCUT2D eigenvalue weighted by Gasteiger charge is -2.01. The van der Waals surface area contributed by atoms with Crippen LogP contribution < -0.4 is 0 Å². The van der Waals surface area contributed by atoms with Crippen LogP contribution in [0.4, 0.5) is 4.39 Å². The molecule has 0 amide bonds. The van der Waals surface area contributed by atoms with Crippen LogP contribution in [0.2, 0.25) is 5.02 Å². The normalized spacial score (nSPS) is 10.1. The molecule has 0 heterocycles. The standard InChI is InChI=1S/C9H8ClFO2/c1-13-5-9(12)7-3-2-6(10)4-8(7)11/h2-4H,5H2,1H3. The third kappa shape index (κ3) is 2.50. The minimum atomic E-state index is -0.616. The molecule has 0 atom stereocenters. The average Bonchev–Trinajstić information content (AvgIpc) is 2.04. The summed E-state index contributed by atoms with van der Waals surface area (Å²) in [7, 11) is 1.38. The van der Waals surface area contributed by atoms with Gasteiger partial charge in [-0.1, -0.05) is 11.6 Å². The van der Waals surface area contributed by atoms with Crippen molar-refractivity contribution in [3.05, 3.63) is 34.6 Å². The van der Waals surface area contributed by atoms with Crippen molar-refractivity contribution < 1.29 is 13.9 Å². The summed E-state index contributed by atoms with van der Waals surface area (Å²) in [5, 5.41) is 0.270. The van der Waals surface area contributed by atoms with E-state index in [1.807, 2.05) is 0 Å². The van der Waals surface area contributed by atoms with Crippen molar-refractivity contribution in [3.8, 4) is 0 Å². The number of hydrogen-bond acceptors (Lipinski definition) is 2. The van der Waals surface area contributed by atoms with Crippen molar-refractivity contribution >= 4 is 17.4 Å². The Balaban J connectivity index is 2.95. The van der Waals surface area contributed by atoms with Gasteiger partial charge in [-0.3, -0.25) is 4.79 Å². The van der Waals surface area contributed by atoms with Crippen molar-refractivity contribution in [1.82, 2.24) is 0 Å². The van der Waals surface area contributed by atoms with Crippen LogP contribution in [0.3, 0.4) is 0 Å². The maximum atomic E-state index is 13.1. The smallest absolute Gasteiger partial charge is 0.191 e. The van der Waals surface area contributed by atoms with E-state index in [1.165, 1.54) is 19.2 Å². The molecule has 0 saturated heterocycles. The highest BCUT2D eigenvalue weighted by Crippen LogP contribution is 2.14. The van der Waals surface area contributed by atoms with Crippen LogP contribution in [0.1, 0.15) is 10.4 Å². The SMILES string of the molecule is COCC(=O)c1ccc(Cl)cc1F. The molecule has 1 aromatic carbocycles. The fraction of sp³-hybridized carbons (Fsp3) is 0.222. The molecule has 70 valence electrons. The number of carbonyl (C=O) groups excluding carboxylic acids is 1. The first-order valence-corrected chi connectivity index (χ1v) is 4.00. The molecule has 13 heavy (non-hydrogen) atoms. The largest absolute Gasteiger partial charge is 0.377 e. The highest BCUT2D eigenvalue weighted by atomic mass is 35.5. The third-order valence-electron chi connectivity index (χ3n) is 1.51. The Hall–Kier alpha value is -0.930. The molecule has 0 aliphatic heterocycles. The number of hydrogen-bond donors (Lipinski definition) is 0. The zero-order valence-corrected chi connectivity index (χ0v) is 7.77. The van der Waals surface area contributed by atoms with Gasteiger partial charge in [0.15, 0.2) is 5.78 Å². The Morgan fingerprint density at radius 3 is 2.85 bits per heavy atom. The van der Waals surface area contributed by atoms with Crippen LogP contribution in [-0.2, 0) is 4.74 Å². The number of carbonyl (C=O) groups is 1. The van der Waals surface area contributed by atoms with Gasteiger partial charge in [0, 0.05) is 12.1 Å². The lowest BCUT2D eigenvalue weighted by Crippen LogP contribution is -2.08. The molecule has 0 fully saturated rings. The van der Waals surface area contributed by atoms with Crippen molar-refractivity contribution in [2.24, 2.45) is 0 Å². The summed E-state index contributed by atoms with van der Waals surface area (Å²) in [6.07, 6.45) is 0. The van der Waals surface area contributed by atoms with Crippen molar-refractivity contribution in [3.63, 3.8) is 0 Å². The van der Waals surface area contributed by atoms with Gasteiger partial charge in [-0.2, -0.15) is 0 Å². The zero-order valence-electron chi connectivity index (χ0n) is 7.01. The molecule has 0 aromatic heterocycles. The molecule has 0 aliphatic rings. The van der Waals surface area contributed by atoms with Gasteiger partial charge in [-0.15, -0.1) is 0 Å². The predicted molar refractivity (Wildman–Crippen MR) is 47.6 cm³/mol. The van der Waals surface area contributed by atoms with Crippen LogP contribution in [0.25, 0.3) is 0 Å². The molecule has 0 N–H and O–H groups in total. The lowest BCUT2D eigenvalue weighted by atomic mass is 10.1. The van der Waals surface area contributed by atoms with Gasteiger partial charge >= 0.3 is 0 Å². The fourth-order valence-electron chi connectivity index (χ4n) is 0.924. The average molecular weight is 203 g/mol. The Kier molecular flexibility index (Phi) is 3.39. The quantitative estimate of drug-likeness (QED) is 0.704. The second kappa shape index (κ2) is 4.35. The monoisotopic (exact) mass is 202 g/mol. The molecule has 1 aromatic rings. The Bertz CT molecular complexity index is 325. The second-order valence-electron chi connectivity index (χ2n) is 2.48. The van der Waals surface area contributed by atoms with E-state index >= 15 is 0 Å². The molecule has 0 aliphatic carbocycles. The summed E-state index contributed by atoms with van der Waals surface area (Å²) in [6.45, 7) is -0.126. The summed E-state index contributed by atoms with van der Waals surface area (Å²) < 4.78 is 17.7. The number of ketones is 1. The van der Waals surface area contributed by atoms with E-state index in [4.69, 9.17) is 11.6 Å².